The first kappa shape index (κ1) is 22.8. The van der Waals surface area contributed by atoms with Gasteiger partial charge in [-0.2, -0.15) is 5.26 Å². The van der Waals surface area contributed by atoms with Crippen LogP contribution in [0, 0.1) is 11.3 Å². The van der Waals surface area contributed by atoms with Crippen LogP contribution in [0.4, 0.5) is 4.79 Å². The Labute approximate surface area is 193 Å². The molecule has 0 aliphatic heterocycles. The summed E-state index contributed by atoms with van der Waals surface area (Å²) in [7, 11) is 0. The van der Waals surface area contributed by atoms with Crippen LogP contribution in [0.25, 0.3) is 10.2 Å². The molecule has 2 aliphatic rings. The zero-order valence-corrected chi connectivity index (χ0v) is 20.0. The summed E-state index contributed by atoms with van der Waals surface area (Å²) >= 11 is 1.75. The minimum Gasteiger partial charge on any atom is -0.474 e. The molecule has 1 unspecified atom stereocenters. The Hall–Kier alpha value is -2.40. The van der Waals surface area contributed by atoms with Crippen LogP contribution in [0.2, 0.25) is 0 Å². The summed E-state index contributed by atoms with van der Waals surface area (Å²) in [6.45, 7) is 5.61. The first-order valence-corrected chi connectivity index (χ1v) is 12.4. The number of fused-ring (bicyclic) bond motifs is 3. The van der Waals surface area contributed by atoms with Crippen molar-refractivity contribution in [3.05, 3.63) is 16.8 Å². The van der Waals surface area contributed by atoms with Crippen LogP contribution in [0.3, 0.4) is 0 Å². The lowest BCUT2D eigenvalue weighted by atomic mass is 9.83. The van der Waals surface area contributed by atoms with Gasteiger partial charge in [-0.1, -0.05) is 0 Å². The summed E-state index contributed by atoms with van der Waals surface area (Å²) in [6, 6.07) is 2.41. The monoisotopic (exact) mass is 456 g/mol. The van der Waals surface area contributed by atoms with Crippen molar-refractivity contribution in [3.8, 4) is 11.9 Å². The number of carbonyl (C=O) groups is 1. The van der Waals surface area contributed by atoms with Crippen LogP contribution < -0.4 is 10.1 Å². The van der Waals surface area contributed by atoms with Gasteiger partial charge in [0.2, 0.25) is 5.88 Å². The number of ether oxygens (including phenoxy) is 2. The number of nitrogens with one attached hydrogen (secondary N) is 1. The summed E-state index contributed by atoms with van der Waals surface area (Å²) in [5.41, 5.74) is 0.829. The highest BCUT2D eigenvalue weighted by Gasteiger charge is 2.30. The van der Waals surface area contributed by atoms with Crippen molar-refractivity contribution in [3.63, 3.8) is 0 Å². The van der Waals surface area contributed by atoms with Gasteiger partial charge in [0.05, 0.1) is 11.5 Å². The largest absolute Gasteiger partial charge is 0.474 e. The first-order valence-electron chi connectivity index (χ1n) is 11.6. The molecule has 0 aromatic carbocycles. The van der Waals surface area contributed by atoms with Crippen molar-refractivity contribution < 1.29 is 14.3 Å². The lowest BCUT2D eigenvalue weighted by Crippen LogP contribution is -2.42. The number of amides is 1. The standard InChI is InChI=1S/C24H32N4O3S/c1-24(2,3)31-23(29)28-16-9-11-17(12-10-16)30-21-20-19-15(7-5-13-25)6-4-8-18(19)32-22(20)27-14-26-21/h14-17H,4-12H2,1-3H3,(H,28,29). The molecular formula is C24H32N4O3S. The third-order valence-corrected chi connectivity index (χ3v) is 7.38. The van der Waals surface area contributed by atoms with E-state index in [1.54, 1.807) is 17.7 Å². The molecule has 7 nitrogen and oxygen atoms in total. The molecule has 1 saturated carbocycles. The molecule has 0 radical (unpaired) electrons. The SMILES string of the molecule is CC(C)(C)OC(=O)NC1CCC(Oc2ncnc3sc4c(c23)C(CCC#N)CCC4)CC1. The number of rotatable bonds is 5. The highest BCUT2D eigenvalue weighted by molar-refractivity contribution is 7.18. The number of thiophene rings is 1. The molecular weight excluding hydrogens is 424 g/mol. The summed E-state index contributed by atoms with van der Waals surface area (Å²) in [6.07, 6.45) is 9.52. The van der Waals surface area contributed by atoms with E-state index in [4.69, 9.17) is 14.7 Å². The van der Waals surface area contributed by atoms with Crippen LogP contribution in [-0.4, -0.2) is 33.8 Å². The molecule has 0 saturated heterocycles. The summed E-state index contributed by atoms with van der Waals surface area (Å²) in [5, 5.41) is 13.1. The van der Waals surface area contributed by atoms with E-state index in [9.17, 15) is 4.79 Å². The van der Waals surface area contributed by atoms with Crippen LogP contribution in [0.1, 0.15) is 88.5 Å². The molecule has 2 aromatic heterocycles. The predicted molar refractivity (Wildman–Crippen MR) is 124 cm³/mol. The van der Waals surface area contributed by atoms with Gasteiger partial charge in [-0.05, 0) is 83.6 Å². The highest BCUT2D eigenvalue weighted by atomic mass is 32.1. The number of aryl methyl sites for hydroxylation is 1. The highest BCUT2D eigenvalue weighted by Crippen LogP contribution is 2.46. The van der Waals surface area contributed by atoms with E-state index in [1.165, 1.54) is 10.4 Å². The second-order valence-electron chi connectivity index (χ2n) is 9.82. The Morgan fingerprint density at radius 3 is 2.75 bits per heavy atom. The van der Waals surface area contributed by atoms with Crippen LogP contribution >= 0.6 is 11.3 Å². The Morgan fingerprint density at radius 2 is 2.03 bits per heavy atom. The number of aromatic nitrogens is 2. The molecule has 1 amide bonds. The number of alkyl carbamates (subject to hydrolysis) is 1. The van der Waals surface area contributed by atoms with E-state index >= 15 is 0 Å². The fourth-order valence-electron chi connectivity index (χ4n) is 4.82. The van der Waals surface area contributed by atoms with Crippen molar-refractivity contribution in [2.75, 3.05) is 0 Å². The smallest absolute Gasteiger partial charge is 0.407 e. The zero-order valence-electron chi connectivity index (χ0n) is 19.1. The van der Waals surface area contributed by atoms with Gasteiger partial charge in [0, 0.05) is 17.3 Å². The molecule has 1 N–H and O–H groups in total. The minimum atomic E-state index is -0.493. The van der Waals surface area contributed by atoms with E-state index in [2.05, 4.69) is 21.4 Å². The normalized spacial score (nSPS) is 23.2. The third kappa shape index (κ3) is 5.32. The van der Waals surface area contributed by atoms with Gasteiger partial charge in [-0.3, -0.25) is 0 Å². The van der Waals surface area contributed by atoms with E-state index in [0.717, 1.165) is 61.6 Å². The lowest BCUT2D eigenvalue weighted by Gasteiger charge is -2.30. The van der Waals surface area contributed by atoms with Crippen LogP contribution in [0.15, 0.2) is 6.33 Å². The number of nitrogens with zero attached hydrogens (tertiary/aromatic N) is 3. The number of hydrogen-bond donors (Lipinski definition) is 1. The van der Waals surface area contributed by atoms with Crippen molar-refractivity contribution in [1.29, 1.82) is 5.26 Å². The fraction of sp³-hybridized carbons (Fsp3) is 0.667. The molecule has 4 rings (SSSR count). The molecule has 8 heteroatoms. The van der Waals surface area contributed by atoms with Gasteiger partial charge in [0.1, 0.15) is 22.9 Å². The van der Waals surface area contributed by atoms with E-state index in [0.29, 0.717) is 18.2 Å². The Morgan fingerprint density at radius 1 is 1.25 bits per heavy atom. The van der Waals surface area contributed by atoms with Crippen molar-refractivity contribution in [2.24, 2.45) is 0 Å². The Bertz CT molecular complexity index is 999. The maximum atomic E-state index is 12.1. The van der Waals surface area contributed by atoms with Crippen LogP contribution in [-0.2, 0) is 11.2 Å². The van der Waals surface area contributed by atoms with E-state index < -0.39 is 5.60 Å². The third-order valence-electron chi connectivity index (χ3n) is 6.21. The quantitative estimate of drug-likeness (QED) is 0.626. The molecule has 0 spiro atoms. The lowest BCUT2D eigenvalue weighted by molar-refractivity contribution is 0.0470. The van der Waals surface area contributed by atoms with Crippen LogP contribution in [0.5, 0.6) is 5.88 Å². The van der Waals surface area contributed by atoms with Gasteiger partial charge in [0.25, 0.3) is 0 Å². The molecule has 2 heterocycles. The van der Waals surface area contributed by atoms with Gasteiger partial charge >= 0.3 is 6.09 Å². The second-order valence-corrected chi connectivity index (χ2v) is 10.9. The summed E-state index contributed by atoms with van der Waals surface area (Å²) in [4.78, 5) is 23.5. The average Bonchev–Trinajstić information content (AvgIpc) is 3.12. The summed E-state index contributed by atoms with van der Waals surface area (Å²) in [5.74, 6) is 1.06. The van der Waals surface area contributed by atoms with E-state index in [-0.39, 0.29) is 18.2 Å². The number of hydrogen-bond acceptors (Lipinski definition) is 7. The Balaban J connectivity index is 1.44. The van der Waals surface area contributed by atoms with Crippen molar-refractivity contribution >= 4 is 27.6 Å². The van der Waals surface area contributed by atoms with Crippen molar-refractivity contribution in [2.45, 2.75) is 102 Å². The molecule has 1 fully saturated rings. The topological polar surface area (TPSA) is 97.1 Å². The molecule has 32 heavy (non-hydrogen) atoms. The first-order chi connectivity index (χ1) is 15.3. The average molecular weight is 457 g/mol. The van der Waals surface area contributed by atoms with E-state index in [1.807, 2.05) is 20.8 Å². The summed E-state index contributed by atoms with van der Waals surface area (Å²) < 4.78 is 11.8. The van der Waals surface area contributed by atoms with Gasteiger partial charge in [-0.15, -0.1) is 11.3 Å². The molecule has 0 bridgehead atoms. The molecule has 2 aromatic rings. The molecule has 1 atom stereocenters. The predicted octanol–water partition coefficient (Wildman–Crippen LogP) is 5.63. The maximum absolute atomic E-state index is 12.1. The number of nitriles is 1. The second kappa shape index (κ2) is 9.62. The van der Waals surface area contributed by atoms with Gasteiger partial charge < -0.3 is 14.8 Å². The fourth-order valence-corrected chi connectivity index (χ4v) is 6.08. The van der Waals surface area contributed by atoms with Gasteiger partial charge in [0.15, 0.2) is 0 Å². The van der Waals surface area contributed by atoms with Gasteiger partial charge in [-0.25, -0.2) is 14.8 Å². The minimum absolute atomic E-state index is 0.0708. The number of carbonyl (C=O) groups excluding carboxylic acids is 1. The maximum Gasteiger partial charge on any atom is 0.407 e. The Kier molecular flexibility index (Phi) is 6.85. The van der Waals surface area contributed by atoms with Crippen molar-refractivity contribution in [1.82, 2.24) is 15.3 Å². The molecule has 172 valence electrons. The zero-order chi connectivity index (χ0) is 22.7. The molecule has 2 aliphatic carbocycles.